The third kappa shape index (κ3) is 3.31. The van der Waals surface area contributed by atoms with Crippen molar-refractivity contribution in [2.24, 2.45) is 0 Å². The summed E-state index contributed by atoms with van der Waals surface area (Å²) in [4.78, 5) is 0. The highest BCUT2D eigenvalue weighted by Gasteiger charge is 2.03. The Morgan fingerprint density at radius 3 is 2.77 bits per heavy atom. The number of hydrogen-bond acceptors (Lipinski definition) is 1. The minimum absolute atomic E-state index is 0.783. The van der Waals surface area contributed by atoms with Crippen molar-refractivity contribution >= 4 is 31.9 Å². The van der Waals surface area contributed by atoms with Gasteiger partial charge in [0.1, 0.15) is 5.75 Å². The van der Waals surface area contributed by atoms with Gasteiger partial charge in [-0.15, -0.1) is 0 Å². The van der Waals surface area contributed by atoms with Crippen molar-refractivity contribution in [1.29, 1.82) is 0 Å². The molecule has 0 bridgehead atoms. The van der Waals surface area contributed by atoms with E-state index in [1.807, 2.05) is 18.2 Å². The second-order valence-electron chi connectivity index (χ2n) is 2.75. The van der Waals surface area contributed by atoms with Crippen LogP contribution in [0.25, 0.3) is 0 Å². The molecule has 1 aromatic carbocycles. The van der Waals surface area contributed by atoms with Crippen molar-refractivity contribution in [3.8, 4) is 5.75 Å². The predicted octanol–water partition coefficient (Wildman–Crippen LogP) is 4.39. The lowest BCUT2D eigenvalue weighted by Gasteiger charge is -2.07. The molecule has 0 aromatic heterocycles. The molecule has 0 fully saturated rings. The second-order valence-corrected chi connectivity index (χ2v) is 4.40. The molecule has 0 aliphatic heterocycles. The van der Waals surface area contributed by atoms with Gasteiger partial charge in [-0.05, 0) is 50.4 Å². The van der Waals surface area contributed by atoms with E-state index in [-0.39, 0.29) is 0 Å². The summed E-state index contributed by atoms with van der Waals surface area (Å²) in [5, 5.41) is 0. The first-order valence-electron chi connectivity index (χ1n) is 4.32. The Morgan fingerprint density at radius 2 is 2.08 bits per heavy atom. The van der Waals surface area contributed by atoms with Crippen LogP contribution in [0.15, 0.2) is 27.1 Å². The Morgan fingerprint density at radius 1 is 1.31 bits per heavy atom. The molecule has 72 valence electrons. The first-order chi connectivity index (χ1) is 6.25. The third-order valence-electron chi connectivity index (χ3n) is 1.67. The third-order valence-corrected chi connectivity index (χ3v) is 3.68. The van der Waals surface area contributed by atoms with Gasteiger partial charge in [0.15, 0.2) is 0 Å². The van der Waals surface area contributed by atoms with Crippen molar-refractivity contribution in [2.75, 3.05) is 6.61 Å². The van der Waals surface area contributed by atoms with Crippen LogP contribution in [-0.2, 0) is 0 Å². The van der Waals surface area contributed by atoms with Crippen LogP contribution < -0.4 is 4.74 Å². The number of hydrogen-bond donors (Lipinski definition) is 0. The van der Waals surface area contributed by atoms with Crippen LogP contribution in [0.2, 0.25) is 0 Å². The van der Waals surface area contributed by atoms with Crippen LogP contribution >= 0.6 is 31.9 Å². The van der Waals surface area contributed by atoms with Gasteiger partial charge in [0.2, 0.25) is 0 Å². The number of ether oxygens (including phenoxy) is 1. The smallest absolute Gasteiger partial charge is 0.134 e. The normalized spacial score (nSPS) is 10.1. The van der Waals surface area contributed by atoms with E-state index >= 15 is 0 Å². The minimum atomic E-state index is 0.783. The van der Waals surface area contributed by atoms with Gasteiger partial charge < -0.3 is 4.74 Å². The molecule has 3 heteroatoms. The molecule has 0 atom stereocenters. The molecule has 0 heterocycles. The van der Waals surface area contributed by atoms with Crippen LogP contribution in [0.3, 0.4) is 0 Å². The van der Waals surface area contributed by atoms with E-state index < -0.39 is 0 Å². The molecule has 0 saturated heterocycles. The molecule has 0 amide bonds. The quantitative estimate of drug-likeness (QED) is 0.750. The van der Waals surface area contributed by atoms with E-state index in [1.54, 1.807) is 0 Å². The molecule has 0 aliphatic carbocycles. The Hall–Kier alpha value is -0.0200. The highest BCUT2D eigenvalue weighted by Crippen LogP contribution is 2.32. The summed E-state index contributed by atoms with van der Waals surface area (Å²) >= 11 is 6.89. The molecule has 1 nitrogen and oxygen atoms in total. The molecular weight excluding hydrogens is 296 g/mol. The van der Waals surface area contributed by atoms with Crippen LogP contribution in [0.1, 0.15) is 19.8 Å². The molecule has 0 aliphatic rings. The lowest BCUT2D eigenvalue weighted by atomic mass is 10.3. The van der Waals surface area contributed by atoms with E-state index in [0.29, 0.717) is 0 Å². The summed E-state index contributed by atoms with van der Waals surface area (Å²) in [6.07, 6.45) is 2.25. The Kier molecular flexibility index (Phi) is 4.81. The topological polar surface area (TPSA) is 9.23 Å². The SMILES string of the molecule is CCCCOc1cccc(Br)c1Br. The largest absolute Gasteiger partial charge is 0.492 e. The van der Waals surface area contributed by atoms with Crippen molar-refractivity contribution in [1.82, 2.24) is 0 Å². The van der Waals surface area contributed by atoms with Gasteiger partial charge in [0, 0.05) is 4.47 Å². The lowest BCUT2D eigenvalue weighted by molar-refractivity contribution is 0.307. The Bertz CT molecular complexity index is 274. The van der Waals surface area contributed by atoms with E-state index in [1.165, 1.54) is 0 Å². The maximum Gasteiger partial charge on any atom is 0.134 e. The fourth-order valence-electron chi connectivity index (χ4n) is 0.922. The zero-order valence-electron chi connectivity index (χ0n) is 7.52. The van der Waals surface area contributed by atoms with Gasteiger partial charge in [-0.1, -0.05) is 19.4 Å². The second kappa shape index (κ2) is 5.66. The summed E-state index contributed by atoms with van der Waals surface area (Å²) in [5.74, 6) is 0.905. The predicted molar refractivity (Wildman–Crippen MR) is 62.2 cm³/mol. The molecule has 0 unspecified atom stereocenters. The monoisotopic (exact) mass is 306 g/mol. The summed E-state index contributed by atoms with van der Waals surface area (Å²) in [7, 11) is 0. The highest BCUT2D eigenvalue weighted by molar-refractivity contribution is 9.13. The summed E-state index contributed by atoms with van der Waals surface area (Å²) < 4.78 is 7.60. The maximum atomic E-state index is 5.58. The van der Waals surface area contributed by atoms with Gasteiger partial charge in [-0.3, -0.25) is 0 Å². The average molecular weight is 308 g/mol. The van der Waals surface area contributed by atoms with Gasteiger partial charge in [0.05, 0.1) is 11.1 Å². The average Bonchev–Trinajstić information content (AvgIpc) is 2.13. The minimum Gasteiger partial charge on any atom is -0.492 e. The highest BCUT2D eigenvalue weighted by atomic mass is 79.9. The van der Waals surface area contributed by atoms with E-state index in [4.69, 9.17) is 4.74 Å². The Labute approximate surface area is 95.7 Å². The summed E-state index contributed by atoms with van der Waals surface area (Å²) in [6.45, 7) is 2.94. The van der Waals surface area contributed by atoms with E-state index in [9.17, 15) is 0 Å². The lowest BCUT2D eigenvalue weighted by Crippen LogP contribution is -1.96. The molecule has 0 N–H and O–H groups in total. The van der Waals surface area contributed by atoms with E-state index in [0.717, 1.165) is 34.1 Å². The molecule has 1 rings (SSSR count). The van der Waals surface area contributed by atoms with Crippen LogP contribution in [0.4, 0.5) is 0 Å². The zero-order valence-corrected chi connectivity index (χ0v) is 10.7. The van der Waals surface area contributed by atoms with Crippen molar-refractivity contribution in [2.45, 2.75) is 19.8 Å². The van der Waals surface area contributed by atoms with Gasteiger partial charge in [-0.25, -0.2) is 0 Å². The van der Waals surface area contributed by atoms with Gasteiger partial charge in [-0.2, -0.15) is 0 Å². The number of unbranched alkanes of at least 4 members (excludes halogenated alkanes) is 1. The van der Waals surface area contributed by atoms with E-state index in [2.05, 4.69) is 38.8 Å². The van der Waals surface area contributed by atoms with Gasteiger partial charge >= 0.3 is 0 Å². The fraction of sp³-hybridized carbons (Fsp3) is 0.400. The fourth-order valence-corrected chi connectivity index (χ4v) is 1.65. The van der Waals surface area contributed by atoms with Crippen LogP contribution in [-0.4, -0.2) is 6.61 Å². The van der Waals surface area contributed by atoms with Crippen molar-refractivity contribution in [3.63, 3.8) is 0 Å². The first kappa shape index (κ1) is 11.1. The van der Waals surface area contributed by atoms with Crippen LogP contribution in [0, 0.1) is 0 Å². The molecule has 0 spiro atoms. The summed E-state index contributed by atoms with van der Waals surface area (Å²) in [5.41, 5.74) is 0. The summed E-state index contributed by atoms with van der Waals surface area (Å²) in [6, 6.07) is 5.91. The van der Waals surface area contributed by atoms with Crippen LogP contribution in [0.5, 0.6) is 5.75 Å². The Balaban J connectivity index is 2.61. The molecule has 13 heavy (non-hydrogen) atoms. The molecular formula is C10H12Br2O. The number of rotatable bonds is 4. The first-order valence-corrected chi connectivity index (χ1v) is 5.91. The van der Waals surface area contributed by atoms with Crippen molar-refractivity contribution in [3.05, 3.63) is 27.1 Å². The molecule has 1 aromatic rings. The number of benzene rings is 1. The molecule has 0 saturated carbocycles. The van der Waals surface area contributed by atoms with Crippen molar-refractivity contribution < 1.29 is 4.74 Å². The number of halogens is 2. The standard InChI is InChI=1S/C10H12Br2O/c1-2-3-7-13-9-6-4-5-8(11)10(9)12/h4-6H,2-3,7H2,1H3. The molecule has 0 radical (unpaired) electrons. The zero-order chi connectivity index (χ0) is 9.68. The maximum absolute atomic E-state index is 5.58. The van der Waals surface area contributed by atoms with Gasteiger partial charge in [0.25, 0.3) is 0 Å².